The maximum atomic E-state index is 12.3. The monoisotopic (exact) mass is 392 g/mol. The first-order valence-electron chi connectivity index (χ1n) is 7.34. The topological polar surface area (TPSA) is 51.2 Å². The number of carbonyl (C=O) groups excluding carboxylic acids is 1. The van der Waals surface area contributed by atoms with Crippen molar-refractivity contribution in [1.29, 1.82) is 0 Å². The van der Waals surface area contributed by atoms with E-state index in [0.717, 1.165) is 5.56 Å². The summed E-state index contributed by atoms with van der Waals surface area (Å²) in [7, 11) is 0. The molecule has 1 aromatic carbocycles. The summed E-state index contributed by atoms with van der Waals surface area (Å²) in [5, 5.41) is 3.82. The van der Waals surface area contributed by atoms with Crippen LogP contribution in [0.3, 0.4) is 0 Å². The van der Waals surface area contributed by atoms with Crippen LogP contribution >= 0.6 is 22.9 Å². The van der Waals surface area contributed by atoms with E-state index in [0.29, 0.717) is 20.6 Å². The van der Waals surface area contributed by atoms with Crippen molar-refractivity contribution in [1.82, 2.24) is 10.3 Å². The number of ether oxygens (including phenoxy) is 1. The minimum absolute atomic E-state index is 0.232. The first-order chi connectivity index (χ1) is 11.7. The summed E-state index contributed by atoms with van der Waals surface area (Å²) < 4.78 is 40.7. The fourth-order valence-corrected chi connectivity index (χ4v) is 3.19. The lowest BCUT2D eigenvalue weighted by molar-refractivity contribution is -0.174. The Morgan fingerprint density at radius 3 is 2.80 bits per heavy atom. The van der Waals surface area contributed by atoms with Gasteiger partial charge in [-0.25, -0.2) is 4.98 Å². The lowest BCUT2D eigenvalue weighted by atomic mass is 10.2. The van der Waals surface area contributed by atoms with Gasteiger partial charge in [0.2, 0.25) is 0 Å². The number of carbonyl (C=O) groups is 1. The van der Waals surface area contributed by atoms with E-state index in [1.54, 1.807) is 32.0 Å². The number of benzene rings is 1. The van der Waals surface area contributed by atoms with Crippen molar-refractivity contribution in [2.24, 2.45) is 0 Å². The molecule has 1 N–H and O–H groups in total. The molecule has 0 fully saturated rings. The summed E-state index contributed by atoms with van der Waals surface area (Å²) in [6, 6.07) is 6.54. The van der Waals surface area contributed by atoms with Crippen LogP contribution in [0.2, 0.25) is 5.02 Å². The summed E-state index contributed by atoms with van der Waals surface area (Å²) in [6.45, 7) is 1.70. The number of nitrogens with one attached hydrogen (secondary N) is 1. The Morgan fingerprint density at radius 1 is 1.44 bits per heavy atom. The number of nitrogens with zero attached hydrogens (tertiary/aromatic N) is 1. The van der Waals surface area contributed by atoms with Crippen LogP contribution in [0.1, 0.15) is 22.3 Å². The molecule has 4 nitrogen and oxygen atoms in total. The number of hydrogen-bond acceptors (Lipinski definition) is 4. The third-order valence-electron chi connectivity index (χ3n) is 3.09. The van der Waals surface area contributed by atoms with Crippen molar-refractivity contribution in [3.05, 3.63) is 39.9 Å². The lowest BCUT2D eigenvalue weighted by Crippen LogP contribution is -2.36. The smallest absolute Gasteiger partial charge is 0.370 e. The van der Waals surface area contributed by atoms with E-state index in [9.17, 15) is 18.0 Å². The van der Waals surface area contributed by atoms with E-state index in [1.165, 1.54) is 11.3 Å². The van der Waals surface area contributed by atoms with Gasteiger partial charge in [0.05, 0.1) is 12.3 Å². The molecule has 0 aliphatic heterocycles. The Morgan fingerprint density at radius 2 is 2.16 bits per heavy atom. The van der Waals surface area contributed by atoms with Crippen LogP contribution in [0, 0.1) is 6.92 Å². The van der Waals surface area contributed by atoms with Crippen LogP contribution in [0.15, 0.2) is 24.3 Å². The molecule has 1 unspecified atom stereocenters. The van der Waals surface area contributed by atoms with Gasteiger partial charge in [-0.3, -0.25) is 4.79 Å². The highest BCUT2D eigenvalue weighted by Gasteiger charge is 2.28. The van der Waals surface area contributed by atoms with Crippen LogP contribution in [-0.4, -0.2) is 36.3 Å². The summed E-state index contributed by atoms with van der Waals surface area (Å²) in [6.07, 6.45) is -4.39. The number of rotatable bonds is 6. The van der Waals surface area contributed by atoms with Crippen LogP contribution in [-0.2, 0) is 4.74 Å². The summed E-state index contributed by atoms with van der Waals surface area (Å²) >= 11 is 7.15. The lowest BCUT2D eigenvalue weighted by Gasteiger charge is -2.14. The Hall–Kier alpha value is -1.64. The van der Waals surface area contributed by atoms with E-state index in [1.807, 2.05) is 6.07 Å². The molecule has 1 atom stereocenters. The third kappa shape index (κ3) is 5.98. The molecule has 2 aromatic rings. The van der Waals surface area contributed by atoms with Crippen LogP contribution in [0.25, 0.3) is 10.6 Å². The highest BCUT2D eigenvalue weighted by Crippen LogP contribution is 2.29. The molecule has 0 aliphatic carbocycles. The third-order valence-corrected chi connectivity index (χ3v) is 4.53. The van der Waals surface area contributed by atoms with E-state index >= 15 is 0 Å². The van der Waals surface area contributed by atoms with Gasteiger partial charge in [-0.15, -0.1) is 11.3 Å². The highest BCUT2D eigenvalue weighted by molar-refractivity contribution is 7.17. The molecule has 0 bridgehead atoms. The van der Waals surface area contributed by atoms with Gasteiger partial charge in [0, 0.05) is 16.6 Å². The number of aromatic nitrogens is 1. The Kier molecular flexibility index (Phi) is 6.42. The van der Waals surface area contributed by atoms with E-state index < -0.39 is 24.7 Å². The zero-order valence-electron chi connectivity index (χ0n) is 13.5. The maximum absolute atomic E-state index is 12.3. The maximum Gasteiger partial charge on any atom is 0.411 e. The number of halogens is 4. The number of amides is 1. The van der Waals surface area contributed by atoms with Crippen molar-refractivity contribution >= 4 is 28.8 Å². The van der Waals surface area contributed by atoms with Crippen LogP contribution in [0.4, 0.5) is 13.2 Å². The molecule has 0 spiro atoms. The normalized spacial score (nSPS) is 12.9. The molecule has 0 aliphatic rings. The molecule has 136 valence electrons. The molecule has 1 aromatic heterocycles. The first-order valence-corrected chi connectivity index (χ1v) is 8.54. The van der Waals surface area contributed by atoms with E-state index in [2.05, 4.69) is 15.0 Å². The molecule has 9 heteroatoms. The predicted molar refractivity (Wildman–Crippen MR) is 91.1 cm³/mol. The molecule has 0 radical (unpaired) electrons. The Labute approximate surface area is 152 Å². The number of thiazole rings is 1. The Balaban J connectivity index is 2.00. The molecule has 0 saturated heterocycles. The van der Waals surface area contributed by atoms with Gasteiger partial charge in [0.25, 0.3) is 5.91 Å². The second-order valence-electron chi connectivity index (χ2n) is 5.45. The van der Waals surface area contributed by atoms with Gasteiger partial charge in [0.15, 0.2) is 0 Å². The van der Waals surface area contributed by atoms with Crippen molar-refractivity contribution < 1.29 is 22.7 Å². The average molecular weight is 393 g/mol. The molecular weight excluding hydrogens is 377 g/mol. The van der Waals surface area contributed by atoms with Crippen LogP contribution < -0.4 is 5.32 Å². The summed E-state index contributed by atoms with van der Waals surface area (Å²) in [5.41, 5.74) is 1.34. The van der Waals surface area contributed by atoms with Crippen molar-refractivity contribution in [3.63, 3.8) is 0 Å². The molecule has 25 heavy (non-hydrogen) atoms. The quantitative estimate of drug-likeness (QED) is 0.789. The minimum atomic E-state index is -4.39. The van der Waals surface area contributed by atoms with Gasteiger partial charge in [-0.2, -0.15) is 13.2 Å². The highest BCUT2D eigenvalue weighted by atomic mass is 35.5. The SMILES string of the molecule is Cc1nc(-c2cccc(Cl)c2)sc1C(=O)NC(C)COCC(F)(F)F. The predicted octanol–water partition coefficient (Wildman–Crippen LogP) is 4.47. The Bertz CT molecular complexity index is 749. The van der Waals surface area contributed by atoms with Gasteiger partial charge in [-0.05, 0) is 26.0 Å². The molecular formula is C16H16ClF3N2O2S. The van der Waals surface area contributed by atoms with Gasteiger partial charge >= 0.3 is 6.18 Å². The molecule has 1 heterocycles. The fraction of sp³-hybridized carbons (Fsp3) is 0.375. The fourth-order valence-electron chi connectivity index (χ4n) is 2.03. The number of aryl methyl sites for hydroxylation is 1. The zero-order chi connectivity index (χ0) is 18.6. The van der Waals surface area contributed by atoms with Gasteiger partial charge in [-0.1, -0.05) is 23.7 Å². The van der Waals surface area contributed by atoms with E-state index in [-0.39, 0.29) is 6.61 Å². The molecule has 0 saturated carbocycles. The van der Waals surface area contributed by atoms with Crippen molar-refractivity contribution in [2.45, 2.75) is 26.1 Å². The van der Waals surface area contributed by atoms with Crippen molar-refractivity contribution in [2.75, 3.05) is 13.2 Å². The summed E-state index contributed by atoms with van der Waals surface area (Å²) in [4.78, 5) is 17.1. The second kappa shape index (κ2) is 8.16. The summed E-state index contributed by atoms with van der Waals surface area (Å²) in [5.74, 6) is -0.397. The largest absolute Gasteiger partial charge is 0.411 e. The number of alkyl halides is 3. The standard InChI is InChI=1S/C16H16ClF3N2O2S/c1-9(7-24-8-16(18,19)20)21-14(23)13-10(2)22-15(25-13)11-4-3-5-12(17)6-11/h3-6,9H,7-8H2,1-2H3,(H,21,23). The van der Waals surface area contributed by atoms with E-state index in [4.69, 9.17) is 11.6 Å². The molecule has 1 amide bonds. The van der Waals surface area contributed by atoms with Crippen LogP contribution in [0.5, 0.6) is 0 Å². The molecule has 2 rings (SSSR count). The second-order valence-corrected chi connectivity index (χ2v) is 6.88. The zero-order valence-corrected chi connectivity index (χ0v) is 15.1. The van der Waals surface area contributed by atoms with Crippen molar-refractivity contribution in [3.8, 4) is 10.6 Å². The first kappa shape index (κ1) is 19.7. The average Bonchev–Trinajstić information content (AvgIpc) is 2.88. The number of hydrogen-bond donors (Lipinski definition) is 1. The van der Waals surface area contributed by atoms with Gasteiger partial charge in [0.1, 0.15) is 16.5 Å². The minimum Gasteiger partial charge on any atom is -0.370 e. The van der Waals surface area contributed by atoms with Gasteiger partial charge < -0.3 is 10.1 Å².